The molecule has 0 aliphatic carbocycles. The first-order valence-corrected chi connectivity index (χ1v) is 6.67. The van der Waals surface area contributed by atoms with Crippen molar-refractivity contribution in [3.63, 3.8) is 0 Å². The van der Waals surface area contributed by atoms with Gasteiger partial charge in [-0.25, -0.2) is 9.78 Å². The van der Waals surface area contributed by atoms with E-state index in [2.05, 4.69) is 4.98 Å². The van der Waals surface area contributed by atoms with Gasteiger partial charge in [0, 0.05) is 17.3 Å². The van der Waals surface area contributed by atoms with E-state index in [4.69, 9.17) is 15.2 Å². The molecule has 1 heterocycles. The second-order valence-electron chi connectivity index (χ2n) is 3.66. The van der Waals surface area contributed by atoms with Crippen molar-refractivity contribution < 1.29 is 14.3 Å². The number of hydrogen-bond acceptors (Lipinski definition) is 6. The number of carbonyl (C=O) groups is 1. The van der Waals surface area contributed by atoms with Gasteiger partial charge in [-0.2, -0.15) is 0 Å². The number of hydrogen-bond donors (Lipinski definition) is 1. The highest BCUT2D eigenvalue weighted by molar-refractivity contribution is 7.09. The second kappa shape index (κ2) is 6.19. The molecular formula is C13H14N2O3S. The summed E-state index contributed by atoms with van der Waals surface area (Å²) in [4.78, 5) is 16.1. The highest BCUT2D eigenvalue weighted by atomic mass is 32.1. The number of aromatic nitrogens is 1. The summed E-state index contributed by atoms with van der Waals surface area (Å²) in [6.45, 7) is 2.43. The van der Waals surface area contributed by atoms with Crippen LogP contribution in [0.1, 0.15) is 22.3 Å². The Morgan fingerprint density at radius 2 is 2.32 bits per heavy atom. The van der Waals surface area contributed by atoms with E-state index in [0.29, 0.717) is 18.0 Å². The van der Waals surface area contributed by atoms with E-state index >= 15 is 0 Å². The van der Waals surface area contributed by atoms with Crippen LogP contribution >= 0.6 is 11.3 Å². The molecule has 2 rings (SSSR count). The molecule has 19 heavy (non-hydrogen) atoms. The van der Waals surface area contributed by atoms with Crippen molar-refractivity contribution in [3.05, 3.63) is 40.3 Å². The molecule has 2 aromatic rings. The molecular weight excluding hydrogens is 264 g/mol. The number of ether oxygens (including phenoxy) is 2. The Morgan fingerprint density at radius 1 is 1.47 bits per heavy atom. The van der Waals surface area contributed by atoms with Crippen molar-refractivity contribution in [2.45, 2.75) is 13.5 Å². The van der Waals surface area contributed by atoms with Crippen LogP contribution in [0.15, 0.2) is 29.8 Å². The highest BCUT2D eigenvalue weighted by Crippen LogP contribution is 2.25. The van der Waals surface area contributed by atoms with Gasteiger partial charge in [0.25, 0.3) is 0 Å². The molecule has 5 nitrogen and oxygen atoms in total. The fraction of sp³-hybridized carbons (Fsp3) is 0.231. The summed E-state index contributed by atoms with van der Waals surface area (Å²) in [5.41, 5.74) is 6.42. The summed E-state index contributed by atoms with van der Waals surface area (Å²) >= 11 is 1.43. The molecule has 2 N–H and O–H groups in total. The maximum absolute atomic E-state index is 12.1. The highest BCUT2D eigenvalue weighted by Gasteiger charge is 2.17. The zero-order valence-corrected chi connectivity index (χ0v) is 11.3. The van der Waals surface area contributed by atoms with Gasteiger partial charge in [0.15, 0.2) is 0 Å². The summed E-state index contributed by atoms with van der Waals surface area (Å²) in [7, 11) is 0. The third-order valence-corrected chi connectivity index (χ3v) is 3.13. The molecule has 1 aromatic heterocycles. The fourth-order valence-corrected chi connectivity index (χ4v) is 2.09. The number of anilines is 1. The molecule has 0 atom stereocenters. The molecule has 0 aliphatic heterocycles. The maximum Gasteiger partial charge on any atom is 0.344 e. The predicted molar refractivity (Wildman–Crippen MR) is 73.3 cm³/mol. The van der Waals surface area contributed by atoms with Crippen LogP contribution in [0.2, 0.25) is 0 Å². The molecule has 0 unspecified atom stereocenters. The first-order valence-electron chi connectivity index (χ1n) is 5.79. The Morgan fingerprint density at radius 3 is 3.00 bits per heavy atom. The van der Waals surface area contributed by atoms with E-state index in [9.17, 15) is 4.79 Å². The quantitative estimate of drug-likeness (QED) is 0.671. The maximum atomic E-state index is 12.1. The summed E-state index contributed by atoms with van der Waals surface area (Å²) in [5, 5.41) is 2.56. The van der Waals surface area contributed by atoms with Crippen molar-refractivity contribution in [3.8, 4) is 5.75 Å². The molecule has 6 heteroatoms. The van der Waals surface area contributed by atoms with Gasteiger partial charge in [-0.15, -0.1) is 11.3 Å². The third kappa shape index (κ3) is 3.23. The number of nitrogens with two attached hydrogens (primary N) is 1. The van der Waals surface area contributed by atoms with Crippen molar-refractivity contribution in [1.82, 2.24) is 4.98 Å². The van der Waals surface area contributed by atoms with Gasteiger partial charge in [0.1, 0.15) is 22.9 Å². The lowest BCUT2D eigenvalue weighted by Gasteiger charge is -2.11. The molecule has 0 bridgehead atoms. The molecule has 0 radical (unpaired) electrons. The Balaban J connectivity index is 2.13. The number of benzene rings is 1. The fourth-order valence-electron chi connectivity index (χ4n) is 1.57. The van der Waals surface area contributed by atoms with Crippen LogP contribution in [-0.4, -0.2) is 17.6 Å². The summed E-state index contributed by atoms with van der Waals surface area (Å²) < 4.78 is 10.6. The average molecular weight is 278 g/mol. The molecule has 0 saturated carbocycles. The van der Waals surface area contributed by atoms with E-state index in [0.717, 1.165) is 5.01 Å². The SMILES string of the molecule is CCOc1cccc(N)c1C(=O)OCc1nccs1. The number of nitrogens with zero attached hydrogens (tertiary/aromatic N) is 1. The Labute approximate surface area is 115 Å². The number of thiazole rings is 1. The monoisotopic (exact) mass is 278 g/mol. The topological polar surface area (TPSA) is 74.4 Å². The predicted octanol–water partition coefficient (Wildman–Crippen LogP) is 2.48. The van der Waals surface area contributed by atoms with Crippen LogP contribution in [0.4, 0.5) is 5.69 Å². The Hall–Kier alpha value is -2.08. The molecule has 0 fully saturated rings. The number of rotatable bonds is 5. The largest absolute Gasteiger partial charge is 0.493 e. The van der Waals surface area contributed by atoms with E-state index in [1.165, 1.54) is 11.3 Å². The average Bonchev–Trinajstić information content (AvgIpc) is 2.90. The lowest BCUT2D eigenvalue weighted by molar-refractivity contribution is 0.0469. The summed E-state index contributed by atoms with van der Waals surface area (Å²) in [6, 6.07) is 5.07. The minimum absolute atomic E-state index is 0.135. The molecule has 0 aliphatic rings. The molecule has 0 saturated heterocycles. The molecule has 100 valence electrons. The van der Waals surface area contributed by atoms with Crippen molar-refractivity contribution >= 4 is 23.0 Å². The van der Waals surface area contributed by atoms with Gasteiger partial charge in [-0.1, -0.05) is 6.07 Å². The minimum Gasteiger partial charge on any atom is -0.493 e. The lowest BCUT2D eigenvalue weighted by atomic mass is 10.1. The smallest absolute Gasteiger partial charge is 0.344 e. The van der Waals surface area contributed by atoms with Gasteiger partial charge in [-0.3, -0.25) is 0 Å². The van der Waals surface area contributed by atoms with E-state index in [-0.39, 0.29) is 12.2 Å². The van der Waals surface area contributed by atoms with E-state index in [1.54, 1.807) is 24.4 Å². The third-order valence-electron chi connectivity index (χ3n) is 2.37. The first kappa shape index (κ1) is 13.4. The van der Waals surface area contributed by atoms with Crippen LogP contribution < -0.4 is 10.5 Å². The van der Waals surface area contributed by atoms with E-state index < -0.39 is 5.97 Å². The number of esters is 1. The van der Waals surface area contributed by atoms with E-state index in [1.807, 2.05) is 12.3 Å². The van der Waals surface area contributed by atoms with Gasteiger partial charge in [-0.05, 0) is 19.1 Å². The van der Waals surface area contributed by atoms with Crippen LogP contribution in [0, 0.1) is 0 Å². The molecule has 0 amide bonds. The van der Waals surface area contributed by atoms with Crippen LogP contribution in [0.3, 0.4) is 0 Å². The molecule has 0 spiro atoms. The Kier molecular flexibility index (Phi) is 4.35. The minimum atomic E-state index is -0.503. The van der Waals surface area contributed by atoms with Gasteiger partial charge in [0.2, 0.25) is 0 Å². The van der Waals surface area contributed by atoms with Crippen molar-refractivity contribution in [2.24, 2.45) is 0 Å². The van der Waals surface area contributed by atoms with Crippen molar-refractivity contribution in [2.75, 3.05) is 12.3 Å². The lowest BCUT2D eigenvalue weighted by Crippen LogP contribution is -2.11. The second-order valence-corrected chi connectivity index (χ2v) is 4.63. The number of nitrogen functional groups attached to an aromatic ring is 1. The molecule has 1 aromatic carbocycles. The first-order chi connectivity index (χ1) is 9.22. The van der Waals surface area contributed by atoms with Gasteiger partial charge in [0.05, 0.1) is 6.61 Å². The zero-order valence-electron chi connectivity index (χ0n) is 10.5. The normalized spacial score (nSPS) is 10.2. The van der Waals surface area contributed by atoms with Gasteiger partial charge >= 0.3 is 5.97 Å². The van der Waals surface area contributed by atoms with Crippen LogP contribution in [-0.2, 0) is 11.3 Å². The zero-order chi connectivity index (χ0) is 13.7. The van der Waals surface area contributed by atoms with Gasteiger partial charge < -0.3 is 15.2 Å². The number of carbonyl (C=O) groups excluding carboxylic acids is 1. The van der Waals surface area contributed by atoms with Crippen molar-refractivity contribution in [1.29, 1.82) is 0 Å². The summed E-state index contributed by atoms with van der Waals surface area (Å²) in [6.07, 6.45) is 1.66. The standard InChI is InChI=1S/C13H14N2O3S/c1-2-17-10-5-3-4-9(14)12(10)13(16)18-8-11-15-6-7-19-11/h3-7H,2,8,14H2,1H3. The Bertz CT molecular complexity index is 555. The van der Waals surface area contributed by atoms with Crippen LogP contribution in [0.25, 0.3) is 0 Å². The summed E-state index contributed by atoms with van der Waals surface area (Å²) in [5.74, 6) is -0.0663. The van der Waals surface area contributed by atoms with Crippen LogP contribution in [0.5, 0.6) is 5.75 Å².